The van der Waals surface area contributed by atoms with Crippen molar-refractivity contribution in [1.29, 1.82) is 0 Å². The zero-order valence-corrected chi connectivity index (χ0v) is 8.23. The van der Waals surface area contributed by atoms with Gasteiger partial charge in [0.05, 0.1) is 6.16 Å². The van der Waals surface area contributed by atoms with Crippen LogP contribution >= 0.6 is 19.9 Å². The zero-order valence-electron chi connectivity index (χ0n) is 5.69. The molecule has 0 spiro atoms. The molecule has 0 aliphatic heterocycles. The number of halogens is 1. The molecule has 0 heterocycles. The molecule has 0 unspecified atom stereocenters. The van der Waals surface area contributed by atoms with E-state index < -0.39 is 7.26 Å². The van der Waals surface area contributed by atoms with Gasteiger partial charge in [-0.1, -0.05) is 0 Å². The van der Waals surface area contributed by atoms with Crippen molar-refractivity contribution < 1.29 is 12.4 Å². The minimum Gasteiger partial charge on any atom is -1.00 e. The average Bonchev–Trinajstić information content (AvgIpc) is 1.30. The zero-order chi connectivity index (χ0) is 5.91. The largest absolute Gasteiger partial charge is 1.00 e. The lowest BCUT2D eigenvalue weighted by Crippen LogP contribution is -3.00. The minimum atomic E-state index is -0.492. The van der Waals surface area contributed by atoms with Crippen LogP contribution in [0, 0.1) is 0 Å². The van der Waals surface area contributed by atoms with Gasteiger partial charge in [0, 0.05) is 33.0 Å². The predicted molar refractivity (Wildman–Crippen MR) is 43.4 cm³/mol. The Morgan fingerprint density at radius 3 is 1.62 bits per heavy atom. The molecule has 0 aliphatic carbocycles. The van der Waals surface area contributed by atoms with Gasteiger partial charge in [0.25, 0.3) is 0 Å². The molecular formula is C5H14ClPS. The normalized spacial score (nSPS) is 10.5. The third-order valence-electron chi connectivity index (χ3n) is 0.771. The fourth-order valence-corrected chi connectivity index (χ4v) is 2.70. The minimum absolute atomic E-state index is 0. The Bertz CT molecular complexity index is 50.9. The van der Waals surface area contributed by atoms with Crippen molar-refractivity contribution in [2.75, 3.05) is 31.9 Å². The van der Waals surface area contributed by atoms with Crippen molar-refractivity contribution in [3.63, 3.8) is 0 Å². The molecule has 0 aliphatic rings. The first kappa shape index (κ1) is 11.8. The highest BCUT2D eigenvalue weighted by atomic mass is 35.5. The summed E-state index contributed by atoms with van der Waals surface area (Å²) >= 11 is 4.14. The Balaban J connectivity index is 0. The first-order valence-electron chi connectivity index (χ1n) is 2.47. The summed E-state index contributed by atoms with van der Waals surface area (Å²) in [7, 11) is -0.492. The molecule has 0 aromatic rings. The van der Waals surface area contributed by atoms with Gasteiger partial charge in [-0.3, -0.25) is 0 Å². The number of hydrogen-bond acceptors (Lipinski definition) is 1. The van der Waals surface area contributed by atoms with E-state index in [0.29, 0.717) is 0 Å². The summed E-state index contributed by atoms with van der Waals surface area (Å²) in [5.41, 5.74) is 0. The smallest absolute Gasteiger partial charge is 0.0674 e. The van der Waals surface area contributed by atoms with Gasteiger partial charge in [-0.2, -0.15) is 12.6 Å². The van der Waals surface area contributed by atoms with Crippen LogP contribution in [-0.4, -0.2) is 31.9 Å². The van der Waals surface area contributed by atoms with Gasteiger partial charge in [0.1, 0.15) is 0 Å². The van der Waals surface area contributed by atoms with Crippen LogP contribution in [0.15, 0.2) is 0 Å². The van der Waals surface area contributed by atoms with Crippen LogP contribution in [-0.2, 0) is 0 Å². The lowest BCUT2D eigenvalue weighted by Gasteiger charge is -2.07. The van der Waals surface area contributed by atoms with Crippen molar-refractivity contribution in [3.8, 4) is 0 Å². The van der Waals surface area contributed by atoms with Crippen molar-refractivity contribution in [3.05, 3.63) is 0 Å². The quantitative estimate of drug-likeness (QED) is 0.394. The van der Waals surface area contributed by atoms with Crippen LogP contribution < -0.4 is 12.4 Å². The maximum Gasteiger partial charge on any atom is 0.0674 e. The third kappa shape index (κ3) is 10.1. The summed E-state index contributed by atoms with van der Waals surface area (Å²) in [6.45, 7) is 7.01. The van der Waals surface area contributed by atoms with Gasteiger partial charge in [0.2, 0.25) is 0 Å². The number of thiol groups is 1. The van der Waals surface area contributed by atoms with Gasteiger partial charge < -0.3 is 12.4 Å². The van der Waals surface area contributed by atoms with Gasteiger partial charge in [-0.15, -0.1) is 0 Å². The Morgan fingerprint density at radius 2 is 1.62 bits per heavy atom. The summed E-state index contributed by atoms with van der Waals surface area (Å²) in [5.74, 6) is 1.05. The molecule has 52 valence electrons. The molecule has 0 fully saturated rings. The van der Waals surface area contributed by atoms with E-state index in [2.05, 4.69) is 32.6 Å². The molecule has 0 nitrogen and oxygen atoms in total. The lowest BCUT2D eigenvalue weighted by molar-refractivity contribution is -0.00000172. The molecule has 0 N–H and O–H groups in total. The van der Waals surface area contributed by atoms with E-state index in [1.54, 1.807) is 0 Å². The van der Waals surface area contributed by atoms with E-state index in [1.807, 2.05) is 0 Å². The molecule has 8 heavy (non-hydrogen) atoms. The molecule has 3 heteroatoms. The lowest BCUT2D eigenvalue weighted by atomic mass is 11.0. The topological polar surface area (TPSA) is 0 Å². The first-order chi connectivity index (χ1) is 3.06. The average molecular weight is 173 g/mol. The molecule has 0 aromatic heterocycles. The molecule has 0 rings (SSSR count). The molecule has 0 atom stereocenters. The van der Waals surface area contributed by atoms with Crippen LogP contribution in [0.5, 0.6) is 0 Å². The second-order valence-corrected chi connectivity index (χ2v) is 8.21. The van der Waals surface area contributed by atoms with Crippen LogP contribution in [0.25, 0.3) is 0 Å². The maximum atomic E-state index is 4.14. The van der Waals surface area contributed by atoms with Crippen LogP contribution in [0.3, 0.4) is 0 Å². The van der Waals surface area contributed by atoms with E-state index in [0.717, 1.165) is 5.75 Å². The first-order valence-corrected chi connectivity index (χ1v) is 6.42. The Hall–Kier alpha value is 1.07. The molecule has 0 radical (unpaired) electrons. The summed E-state index contributed by atoms with van der Waals surface area (Å²) in [4.78, 5) is 0. The molecule has 0 amide bonds. The molecule has 0 saturated heterocycles. The summed E-state index contributed by atoms with van der Waals surface area (Å²) in [5, 5.41) is 0. The molecule has 0 aromatic carbocycles. The van der Waals surface area contributed by atoms with Crippen molar-refractivity contribution in [1.82, 2.24) is 0 Å². The highest BCUT2D eigenvalue weighted by Gasteiger charge is 2.13. The van der Waals surface area contributed by atoms with Crippen molar-refractivity contribution in [2.45, 2.75) is 0 Å². The number of hydrogen-bond donors (Lipinski definition) is 1. The van der Waals surface area contributed by atoms with Gasteiger partial charge >= 0.3 is 0 Å². The van der Waals surface area contributed by atoms with Gasteiger partial charge in [-0.05, 0) is 0 Å². The highest BCUT2D eigenvalue weighted by Crippen LogP contribution is 2.45. The van der Waals surface area contributed by atoms with Crippen LogP contribution in [0.4, 0.5) is 0 Å². The Morgan fingerprint density at radius 1 is 1.25 bits per heavy atom. The molecular weight excluding hydrogens is 159 g/mol. The standard InChI is InChI=1S/C5H13PS.ClH/c1-6(2,3)4-5-7;/h4-5H2,1-3H3;1H. The van der Waals surface area contributed by atoms with E-state index in [-0.39, 0.29) is 12.4 Å². The Labute approximate surface area is 64.6 Å². The maximum absolute atomic E-state index is 4.14. The second-order valence-electron chi connectivity index (χ2n) is 2.74. The highest BCUT2D eigenvalue weighted by molar-refractivity contribution is 7.82. The van der Waals surface area contributed by atoms with Crippen molar-refractivity contribution in [2.24, 2.45) is 0 Å². The predicted octanol–water partition coefficient (Wildman–Crippen LogP) is -1.17. The molecule has 0 saturated carbocycles. The van der Waals surface area contributed by atoms with E-state index in [4.69, 9.17) is 0 Å². The number of rotatable bonds is 2. The fourth-order valence-electron chi connectivity index (χ4n) is 0.300. The monoisotopic (exact) mass is 172 g/mol. The van der Waals surface area contributed by atoms with Gasteiger partial charge in [0.15, 0.2) is 0 Å². The van der Waals surface area contributed by atoms with E-state index >= 15 is 0 Å². The Kier molecular flexibility index (Phi) is 7.24. The van der Waals surface area contributed by atoms with Gasteiger partial charge in [-0.25, -0.2) is 0 Å². The van der Waals surface area contributed by atoms with Crippen LogP contribution in [0.1, 0.15) is 0 Å². The molecule has 0 bridgehead atoms. The van der Waals surface area contributed by atoms with Crippen LogP contribution in [0.2, 0.25) is 0 Å². The van der Waals surface area contributed by atoms with Crippen molar-refractivity contribution >= 4 is 19.9 Å². The fraction of sp³-hybridized carbons (Fsp3) is 1.00. The van der Waals surface area contributed by atoms with E-state index in [9.17, 15) is 0 Å². The summed E-state index contributed by atoms with van der Waals surface area (Å²) < 4.78 is 0. The second kappa shape index (κ2) is 4.90. The summed E-state index contributed by atoms with van der Waals surface area (Å²) in [6.07, 6.45) is 1.32. The SMILES string of the molecule is C[P+](C)(C)CCS.[Cl-]. The summed E-state index contributed by atoms with van der Waals surface area (Å²) in [6, 6.07) is 0. The third-order valence-corrected chi connectivity index (χ3v) is 2.91. The van der Waals surface area contributed by atoms with E-state index in [1.165, 1.54) is 6.16 Å².